The van der Waals surface area contributed by atoms with Crippen LogP contribution in [0.2, 0.25) is 0 Å². The number of aliphatic carboxylic acids is 1. The lowest BCUT2D eigenvalue weighted by Crippen LogP contribution is -2.26. The maximum absolute atomic E-state index is 10.6. The normalized spacial score (nSPS) is 17.8. The maximum Gasteiger partial charge on any atom is 0.303 e. The Labute approximate surface area is 157 Å². The van der Waals surface area contributed by atoms with Gasteiger partial charge in [-0.15, -0.1) is 11.3 Å². The summed E-state index contributed by atoms with van der Waals surface area (Å²) in [7, 11) is 0. The van der Waals surface area contributed by atoms with Crippen molar-refractivity contribution in [2.75, 3.05) is 0 Å². The van der Waals surface area contributed by atoms with E-state index in [9.17, 15) is 9.90 Å². The Kier molecular flexibility index (Phi) is 6.16. The predicted octanol–water partition coefficient (Wildman–Crippen LogP) is 4.40. The Morgan fingerprint density at radius 2 is 2.04 bits per heavy atom. The second kappa shape index (κ2) is 8.56. The number of aliphatic hydroxyl groups is 1. The van der Waals surface area contributed by atoms with Gasteiger partial charge >= 0.3 is 5.97 Å². The minimum atomic E-state index is -0.782. The summed E-state index contributed by atoms with van der Waals surface area (Å²) in [5.74, 6) is 0.630. The van der Waals surface area contributed by atoms with Gasteiger partial charge in [0.25, 0.3) is 0 Å². The number of ether oxygens (including phenoxy) is 2. The SMILES string of the molecule is CC(CCCC(=O)O)C1Oc2ccc(C(O)CCc3cccs3)cc2O1. The number of hydrogen-bond acceptors (Lipinski definition) is 5. The lowest BCUT2D eigenvalue weighted by molar-refractivity contribution is -0.137. The van der Waals surface area contributed by atoms with Crippen LogP contribution in [0.3, 0.4) is 0 Å². The summed E-state index contributed by atoms with van der Waals surface area (Å²) < 4.78 is 11.7. The van der Waals surface area contributed by atoms with Crippen molar-refractivity contribution in [1.82, 2.24) is 0 Å². The van der Waals surface area contributed by atoms with Gasteiger partial charge < -0.3 is 19.7 Å². The highest BCUT2D eigenvalue weighted by atomic mass is 32.1. The van der Waals surface area contributed by atoms with Gasteiger partial charge in [-0.05, 0) is 54.8 Å². The van der Waals surface area contributed by atoms with E-state index in [-0.39, 0.29) is 12.3 Å². The minimum Gasteiger partial charge on any atom is -0.481 e. The van der Waals surface area contributed by atoms with Crippen molar-refractivity contribution >= 4 is 17.3 Å². The highest BCUT2D eigenvalue weighted by Gasteiger charge is 2.29. The van der Waals surface area contributed by atoms with Crippen LogP contribution in [-0.4, -0.2) is 22.5 Å². The topological polar surface area (TPSA) is 76.0 Å². The van der Waals surface area contributed by atoms with Crippen molar-refractivity contribution < 1.29 is 24.5 Å². The van der Waals surface area contributed by atoms with Crippen LogP contribution >= 0.6 is 11.3 Å². The smallest absolute Gasteiger partial charge is 0.303 e. The molecule has 1 aromatic heterocycles. The molecule has 0 amide bonds. The molecule has 2 aromatic rings. The molecule has 1 aliphatic heterocycles. The lowest BCUT2D eigenvalue weighted by Gasteiger charge is -2.17. The summed E-state index contributed by atoms with van der Waals surface area (Å²) in [4.78, 5) is 11.9. The predicted molar refractivity (Wildman–Crippen MR) is 99.7 cm³/mol. The Morgan fingerprint density at radius 3 is 2.77 bits per heavy atom. The van der Waals surface area contributed by atoms with Gasteiger partial charge in [-0.2, -0.15) is 0 Å². The molecule has 140 valence electrons. The number of aliphatic hydroxyl groups excluding tert-OH is 1. The van der Waals surface area contributed by atoms with Crippen molar-refractivity contribution in [1.29, 1.82) is 0 Å². The summed E-state index contributed by atoms with van der Waals surface area (Å²) in [5, 5.41) is 21.2. The highest BCUT2D eigenvalue weighted by molar-refractivity contribution is 7.09. The van der Waals surface area contributed by atoms with Crippen molar-refractivity contribution in [3.8, 4) is 11.5 Å². The first-order valence-corrected chi connectivity index (χ1v) is 9.80. The van der Waals surface area contributed by atoms with Crippen molar-refractivity contribution in [3.05, 3.63) is 46.2 Å². The minimum absolute atomic E-state index is 0.0916. The van der Waals surface area contributed by atoms with Crippen LogP contribution in [-0.2, 0) is 11.2 Å². The second-order valence-corrected chi connectivity index (χ2v) is 7.74. The molecule has 3 unspecified atom stereocenters. The Morgan fingerprint density at radius 1 is 1.23 bits per heavy atom. The van der Waals surface area contributed by atoms with E-state index in [0.717, 1.165) is 18.4 Å². The molecule has 2 heterocycles. The summed E-state index contributed by atoms with van der Waals surface area (Å²) in [6, 6.07) is 9.65. The first kappa shape index (κ1) is 18.7. The van der Waals surface area contributed by atoms with Crippen LogP contribution in [0, 0.1) is 5.92 Å². The van der Waals surface area contributed by atoms with Crippen LogP contribution < -0.4 is 9.47 Å². The third kappa shape index (κ3) is 4.77. The Hall–Kier alpha value is -2.05. The average Bonchev–Trinajstić information content (AvgIpc) is 3.27. The number of hydrogen-bond donors (Lipinski definition) is 2. The molecule has 0 saturated heterocycles. The van der Waals surface area contributed by atoms with Crippen LogP contribution in [0.5, 0.6) is 11.5 Å². The molecule has 0 fully saturated rings. The van der Waals surface area contributed by atoms with Crippen LogP contribution in [0.4, 0.5) is 0 Å². The Bertz CT molecular complexity index is 728. The van der Waals surface area contributed by atoms with Crippen molar-refractivity contribution in [2.45, 2.75) is 51.4 Å². The number of carboxylic acids is 1. The number of carbonyl (C=O) groups is 1. The Balaban J connectivity index is 1.54. The fourth-order valence-corrected chi connectivity index (χ4v) is 3.76. The molecule has 26 heavy (non-hydrogen) atoms. The number of benzene rings is 1. The monoisotopic (exact) mass is 376 g/mol. The van der Waals surface area contributed by atoms with Crippen LogP contribution in [0.25, 0.3) is 0 Å². The van der Waals surface area contributed by atoms with Gasteiger partial charge in [0, 0.05) is 17.2 Å². The summed E-state index contributed by atoms with van der Waals surface area (Å²) in [5.41, 5.74) is 0.822. The number of carboxylic acid groups (broad SMARTS) is 1. The quantitative estimate of drug-likeness (QED) is 0.678. The molecular formula is C20H24O5S. The summed E-state index contributed by atoms with van der Waals surface area (Å²) >= 11 is 1.70. The molecular weight excluding hydrogens is 352 g/mol. The molecule has 5 nitrogen and oxygen atoms in total. The van der Waals surface area contributed by atoms with Gasteiger partial charge in [0.15, 0.2) is 11.5 Å². The van der Waals surface area contributed by atoms with E-state index >= 15 is 0 Å². The van der Waals surface area contributed by atoms with Gasteiger partial charge in [0.05, 0.1) is 6.10 Å². The average molecular weight is 376 g/mol. The fourth-order valence-electron chi connectivity index (χ4n) is 3.04. The molecule has 0 saturated carbocycles. The first-order valence-electron chi connectivity index (χ1n) is 8.92. The van der Waals surface area contributed by atoms with Gasteiger partial charge in [-0.3, -0.25) is 4.79 Å². The number of fused-ring (bicyclic) bond motifs is 1. The number of rotatable bonds is 9. The number of aryl methyl sites for hydroxylation is 1. The molecule has 0 radical (unpaired) electrons. The lowest BCUT2D eigenvalue weighted by atomic mass is 10.0. The molecule has 3 rings (SSSR count). The zero-order chi connectivity index (χ0) is 18.5. The van der Waals surface area contributed by atoms with Gasteiger partial charge in [-0.1, -0.05) is 19.1 Å². The van der Waals surface area contributed by atoms with E-state index in [1.54, 1.807) is 11.3 Å². The molecule has 1 aliphatic rings. The summed E-state index contributed by atoms with van der Waals surface area (Å²) in [6.45, 7) is 2.00. The standard InChI is InChI=1S/C20H24O5S/c1-13(4-2-6-19(22)23)20-24-17-10-7-14(12-18(17)25-20)16(21)9-8-15-5-3-11-26-15/h3,5,7,10-13,16,20-21H,2,4,6,8-9H2,1H3,(H,22,23). The molecule has 0 spiro atoms. The zero-order valence-corrected chi connectivity index (χ0v) is 15.6. The third-order valence-corrected chi connectivity index (χ3v) is 5.53. The van der Waals surface area contributed by atoms with E-state index < -0.39 is 18.4 Å². The van der Waals surface area contributed by atoms with Gasteiger partial charge in [0.2, 0.25) is 6.29 Å². The second-order valence-electron chi connectivity index (χ2n) is 6.71. The highest BCUT2D eigenvalue weighted by Crippen LogP contribution is 2.39. The van der Waals surface area contributed by atoms with Crippen molar-refractivity contribution in [3.63, 3.8) is 0 Å². The fraction of sp³-hybridized carbons (Fsp3) is 0.450. The van der Waals surface area contributed by atoms with Gasteiger partial charge in [0.1, 0.15) is 0 Å². The largest absolute Gasteiger partial charge is 0.481 e. The zero-order valence-electron chi connectivity index (χ0n) is 14.8. The first-order chi connectivity index (χ1) is 12.5. The van der Waals surface area contributed by atoms with E-state index in [1.807, 2.05) is 36.6 Å². The van der Waals surface area contributed by atoms with E-state index in [1.165, 1.54) is 4.88 Å². The summed E-state index contributed by atoms with van der Waals surface area (Å²) in [6.07, 6.45) is 2.04. The molecule has 2 N–H and O–H groups in total. The molecule has 0 bridgehead atoms. The maximum atomic E-state index is 10.6. The van der Waals surface area contributed by atoms with E-state index in [2.05, 4.69) is 6.07 Å². The molecule has 0 aliphatic carbocycles. The van der Waals surface area contributed by atoms with Crippen LogP contribution in [0.15, 0.2) is 35.7 Å². The number of thiophene rings is 1. The molecule has 3 atom stereocenters. The van der Waals surface area contributed by atoms with Gasteiger partial charge in [-0.25, -0.2) is 0 Å². The third-order valence-electron chi connectivity index (χ3n) is 4.60. The molecule has 6 heteroatoms. The molecule has 1 aromatic carbocycles. The van der Waals surface area contributed by atoms with E-state index in [4.69, 9.17) is 14.6 Å². The van der Waals surface area contributed by atoms with E-state index in [0.29, 0.717) is 24.3 Å². The van der Waals surface area contributed by atoms with Crippen LogP contribution in [0.1, 0.15) is 49.2 Å². The van der Waals surface area contributed by atoms with Crippen molar-refractivity contribution in [2.24, 2.45) is 5.92 Å².